The van der Waals surface area contributed by atoms with Crippen LogP contribution in [0.4, 0.5) is 0 Å². The van der Waals surface area contributed by atoms with Crippen LogP contribution in [-0.2, 0) is 19.6 Å². The lowest BCUT2D eigenvalue weighted by Gasteiger charge is -2.11. The third-order valence-electron chi connectivity index (χ3n) is 4.15. The van der Waals surface area contributed by atoms with E-state index in [0.717, 1.165) is 18.9 Å². The molecule has 0 aliphatic heterocycles. The van der Waals surface area contributed by atoms with E-state index in [1.54, 1.807) is 0 Å². The second-order valence-corrected chi connectivity index (χ2v) is 8.15. The van der Waals surface area contributed by atoms with Crippen LogP contribution in [0.1, 0.15) is 25.7 Å². The van der Waals surface area contributed by atoms with Gasteiger partial charge in [0.15, 0.2) is 11.5 Å². The van der Waals surface area contributed by atoms with Gasteiger partial charge in [0.2, 0.25) is 15.9 Å². The van der Waals surface area contributed by atoms with Crippen molar-refractivity contribution in [3.63, 3.8) is 0 Å². The molecule has 0 unspecified atom stereocenters. The van der Waals surface area contributed by atoms with E-state index in [1.807, 2.05) is 0 Å². The van der Waals surface area contributed by atoms with Gasteiger partial charge in [0.05, 0.1) is 19.1 Å². The van der Waals surface area contributed by atoms with Gasteiger partial charge in [0.1, 0.15) is 0 Å². The molecule has 27 heavy (non-hydrogen) atoms. The normalized spacial score (nSPS) is 14.0. The Balaban J connectivity index is 1.67. The molecule has 152 valence electrons. The smallest absolute Gasteiger partial charge is 0.240 e. The molecule has 8 nitrogen and oxygen atoms in total. The van der Waals surface area contributed by atoms with E-state index in [0.29, 0.717) is 24.7 Å². The van der Waals surface area contributed by atoms with Crippen LogP contribution in [0.2, 0.25) is 0 Å². The van der Waals surface area contributed by atoms with Crippen LogP contribution in [0.3, 0.4) is 0 Å². The molecule has 0 aromatic heterocycles. The molecule has 1 aromatic rings. The molecule has 9 heteroatoms. The molecule has 0 spiro atoms. The quantitative estimate of drug-likeness (QED) is 0.484. The van der Waals surface area contributed by atoms with Crippen LogP contribution in [-0.4, -0.2) is 54.8 Å². The van der Waals surface area contributed by atoms with Gasteiger partial charge in [0.25, 0.3) is 0 Å². The summed E-state index contributed by atoms with van der Waals surface area (Å²) in [6.07, 6.45) is 3.33. The zero-order valence-electron chi connectivity index (χ0n) is 15.8. The summed E-state index contributed by atoms with van der Waals surface area (Å²) in [5, 5.41) is 2.76. The number of sulfonamides is 1. The van der Waals surface area contributed by atoms with Crippen molar-refractivity contribution in [3.8, 4) is 11.5 Å². The monoisotopic (exact) mass is 400 g/mol. The fourth-order valence-electron chi connectivity index (χ4n) is 2.39. The minimum atomic E-state index is -3.73. The van der Waals surface area contributed by atoms with Gasteiger partial charge in [-0.3, -0.25) is 4.79 Å². The Bertz CT molecular complexity index is 719. The van der Waals surface area contributed by atoms with E-state index in [4.69, 9.17) is 14.2 Å². The zero-order valence-corrected chi connectivity index (χ0v) is 16.6. The molecule has 0 bridgehead atoms. The summed E-state index contributed by atoms with van der Waals surface area (Å²) in [6, 6.07) is 4.32. The van der Waals surface area contributed by atoms with Crippen LogP contribution in [0.5, 0.6) is 11.5 Å². The lowest BCUT2D eigenvalue weighted by molar-refractivity contribution is -0.120. The zero-order chi connectivity index (χ0) is 19.7. The van der Waals surface area contributed by atoms with E-state index < -0.39 is 10.0 Å². The number of amides is 1. The Hall–Kier alpha value is -1.84. The summed E-state index contributed by atoms with van der Waals surface area (Å²) in [6.45, 7) is 1.97. The summed E-state index contributed by atoms with van der Waals surface area (Å²) < 4.78 is 42.7. The van der Waals surface area contributed by atoms with Crippen molar-refractivity contribution in [3.05, 3.63) is 18.2 Å². The first-order valence-electron chi connectivity index (χ1n) is 9.02. The Morgan fingerprint density at radius 3 is 2.56 bits per heavy atom. The number of rotatable bonds is 13. The maximum Gasteiger partial charge on any atom is 0.240 e. The molecule has 1 fully saturated rings. The fourth-order valence-corrected chi connectivity index (χ4v) is 3.44. The molecule has 2 rings (SSSR count). The molecular formula is C18H28N2O6S. The van der Waals surface area contributed by atoms with E-state index in [1.165, 1.54) is 45.3 Å². The van der Waals surface area contributed by atoms with Crippen LogP contribution >= 0.6 is 0 Å². The number of hydrogen-bond donors (Lipinski definition) is 2. The third-order valence-corrected chi connectivity index (χ3v) is 5.61. The van der Waals surface area contributed by atoms with Crippen molar-refractivity contribution >= 4 is 15.9 Å². The SMILES string of the molecule is COc1ccc(S(=O)(=O)NCCC(=O)NCCCOCC2CC2)cc1OC. The molecule has 1 amide bonds. The second kappa shape index (κ2) is 10.5. The molecule has 0 radical (unpaired) electrons. The fraction of sp³-hybridized carbons (Fsp3) is 0.611. The Morgan fingerprint density at radius 1 is 1.15 bits per heavy atom. The summed E-state index contributed by atoms with van der Waals surface area (Å²) in [5.74, 6) is 1.30. The van der Waals surface area contributed by atoms with Crippen LogP contribution < -0.4 is 19.5 Å². The molecular weight excluding hydrogens is 372 g/mol. The standard InChI is InChI=1S/C18H28N2O6S/c1-24-16-7-6-15(12-17(16)25-2)27(22,23)20-10-8-18(21)19-9-3-11-26-13-14-4-5-14/h6-7,12,14,20H,3-5,8-11,13H2,1-2H3,(H,19,21). The van der Waals surface area contributed by atoms with E-state index in [2.05, 4.69) is 10.0 Å². The minimum absolute atomic E-state index is 0.0146. The molecule has 2 N–H and O–H groups in total. The van der Waals surface area contributed by atoms with Gasteiger partial charge in [-0.05, 0) is 37.3 Å². The van der Waals surface area contributed by atoms with E-state index in [9.17, 15) is 13.2 Å². The number of hydrogen-bond acceptors (Lipinski definition) is 6. The topological polar surface area (TPSA) is 103 Å². The molecule has 1 aliphatic carbocycles. The van der Waals surface area contributed by atoms with Gasteiger partial charge in [-0.15, -0.1) is 0 Å². The number of carbonyl (C=O) groups excluding carboxylic acids is 1. The first-order valence-corrected chi connectivity index (χ1v) is 10.5. The first-order chi connectivity index (χ1) is 13.0. The molecule has 0 saturated heterocycles. The van der Waals surface area contributed by atoms with Gasteiger partial charge in [-0.25, -0.2) is 13.1 Å². The minimum Gasteiger partial charge on any atom is -0.493 e. The lowest BCUT2D eigenvalue weighted by atomic mass is 10.3. The van der Waals surface area contributed by atoms with E-state index >= 15 is 0 Å². The highest BCUT2D eigenvalue weighted by Crippen LogP contribution is 2.29. The van der Waals surface area contributed by atoms with Crippen molar-refractivity contribution < 1.29 is 27.4 Å². The molecule has 0 heterocycles. The summed E-state index contributed by atoms with van der Waals surface area (Å²) >= 11 is 0. The van der Waals surface area contributed by atoms with Crippen LogP contribution in [0, 0.1) is 5.92 Å². The Morgan fingerprint density at radius 2 is 1.89 bits per heavy atom. The van der Waals surface area contributed by atoms with Gasteiger partial charge >= 0.3 is 0 Å². The third kappa shape index (κ3) is 7.36. The average Bonchev–Trinajstić information content (AvgIpc) is 3.48. The largest absolute Gasteiger partial charge is 0.493 e. The summed E-state index contributed by atoms with van der Waals surface area (Å²) in [7, 11) is -0.826. The molecule has 0 atom stereocenters. The molecule has 1 saturated carbocycles. The average molecular weight is 400 g/mol. The van der Waals surface area contributed by atoms with Crippen molar-refractivity contribution in [1.29, 1.82) is 0 Å². The highest BCUT2D eigenvalue weighted by atomic mass is 32.2. The van der Waals surface area contributed by atoms with Gasteiger partial charge in [0, 0.05) is 38.8 Å². The predicted molar refractivity (Wildman–Crippen MR) is 101 cm³/mol. The number of benzene rings is 1. The number of nitrogens with one attached hydrogen (secondary N) is 2. The van der Waals surface area contributed by atoms with Crippen molar-refractivity contribution in [1.82, 2.24) is 10.0 Å². The van der Waals surface area contributed by atoms with Gasteiger partial charge in [-0.1, -0.05) is 0 Å². The maximum atomic E-state index is 12.3. The number of ether oxygens (including phenoxy) is 3. The van der Waals surface area contributed by atoms with Crippen LogP contribution in [0.25, 0.3) is 0 Å². The molecule has 1 aliphatic rings. The maximum absolute atomic E-state index is 12.3. The Labute approximate surface area is 160 Å². The van der Waals surface area contributed by atoms with E-state index in [-0.39, 0.29) is 23.8 Å². The molecule has 1 aromatic carbocycles. The van der Waals surface area contributed by atoms with Crippen molar-refractivity contribution in [2.24, 2.45) is 5.92 Å². The number of carbonyl (C=O) groups is 1. The van der Waals surface area contributed by atoms with Crippen molar-refractivity contribution in [2.75, 3.05) is 40.5 Å². The predicted octanol–water partition coefficient (Wildman–Crippen LogP) is 1.31. The van der Waals surface area contributed by atoms with Crippen LogP contribution in [0.15, 0.2) is 23.1 Å². The lowest BCUT2D eigenvalue weighted by Crippen LogP contribution is -2.31. The Kier molecular flexibility index (Phi) is 8.33. The summed E-state index contributed by atoms with van der Waals surface area (Å²) in [4.78, 5) is 11.8. The van der Waals surface area contributed by atoms with Gasteiger partial charge in [-0.2, -0.15) is 0 Å². The summed E-state index contributed by atoms with van der Waals surface area (Å²) in [5.41, 5.74) is 0. The van der Waals surface area contributed by atoms with Gasteiger partial charge < -0.3 is 19.5 Å². The van der Waals surface area contributed by atoms with Crippen molar-refractivity contribution in [2.45, 2.75) is 30.6 Å². The highest BCUT2D eigenvalue weighted by molar-refractivity contribution is 7.89. The second-order valence-electron chi connectivity index (χ2n) is 6.39. The number of methoxy groups -OCH3 is 2. The first kappa shape index (κ1) is 21.5. The highest BCUT2D eigenvalue weighted by Gasteiger charge is 2.21.